The Morgan fingerprint density at radius 2 is 1.70 bits per heavy atom. The van der Waals surface area contributed by atoms with Crippen molar-refractivity contribution in [2.24, 2.45) is 0 Å². The molecule has 1 aromatic heterocycles. The Balaban J connectivity index is 1.41. The summed E-state index contributed by atoms with van der Waals surface area (Å²) in [6.45, 7) is 5.63. The number of nitrogens with zero attached hydrogens (tertiary/aromatic N) is 1. The summed E-state index contributed by atoms with van der Waals surface area (Å²) in [5, 5.41) is 3.25. The summed E-state index contributed by atoms with van der Waals surface area (Å²) in [5.41, 5.74) is 7.28. The quantitative estimate of drug-likeness (QED) is 0.359. The van der Waals surface area contributed by atoms with E-state index < -0.39 is 11.7 Å². The predicted octanol–water partition coefficient (Wildman–Crippen LogP) is 3.96. The summed E-state index contributed by atoms with van der Waals surface area (Å²) in [4.78, 5) is 40.2. The number of hydrogen-bond donors (Lipinski definition) is 3. The summed E-state index contributed by atoms with van der Waals surface area (Å²) in [6, 6.07) is 16.1. The van der Waals surface area contributed by atoms with Gasteiger partial charge in [0, 0.05) is 13.0 Å². The highest BCUT2D eigenvalue weighted by atomic mass is 32.1. The Morgan fingerprint density at radius 1 is 0.970 bits per heavy atom. The Hall–Kier alpha value is -3.46. The number of nitrogens with one attached hydrogen (secondary N) is 3. The summed E-state index contributed by atoms with van der Waals surface area (Å²) in [6.07, 6.45) is 0.116. The minimum absolute atomic E-state index is 0.0699. The second-order valence-electron chi connectivity index (χ2n) is 8.46. The second-order valence-corrected chi connectivity index (χ2v) is 9.58. The maximum absolute atomic E-state index is 12.2. The fraction of sp³-hybridized carbons (Fsp3) is 0.333. The van der Waals surface area contributed by atoms with Gasteiger partial charge in [0.05, 0.1) is 16.6 Å². The van der Waals surface area contributed by atoms with Crippen molar-refractivity contribution >= 4 is 39.5 Å². The first-order valence-corrected chi connectivity index (χ1v) is 11.5. The molecule has 0 saturated heterocycles. The Kier molecular flexibility index (Phi) is 8.00. The van der Waals surface area contributed by atoms with Crippen molar-refractivity contribution in [3.63, 3.8) is 0 Å². The van der Waals surface area contributed by atoms with E-state index in [1.165, 1.54) is 11.3 Å². The standard InChI is InChI=1S/C24H28N4O4S/c1-24(2,3)32-23(31)25-13-7-10-20(29)27-28-21(30)15-22-26-18-12-11-17(14-19(18)33-22)16-8-5-4-6-9-16/h4-6,8-9,11-12,14H,7,10,13,15H2,1-3H3,(H,25,31)(H,27,29)(H,28,30). The van der Waals surface area contributed by atoms with E-state index in [2.05, 4.69) is 27.2 Å². The number of carbonyl (C=O) groups is 3. The molecule has 3 aromatic rings. The van der Waals surface area contributed by atoms with Crippen LogP contribution < -0.4 is 16.2 Å². The van der Waals surface area contributed by atoms with Gasteiger partial charge in [-0.05, 0) is 50.5 Å². The molecule has 174 valence electrons. The number of rotatable bonds is 7. The highest BCUT2D eigenvalue weighted by molar-refractivity contribution is 7.18. The summed E-state index contributed by atoms with van der Waals surface area (Å²) in [5.74, 6) is -0.691. The average molecular weight is 469 g/mol. The molecule has 0 radical (unpaired) electrons. The van der Waals surface area contributed by atoms with Crippen molar-refractivity contribution in [3.8, 4) is 11.1 Å². The van der Waals surface area contributed by atoms with Crippen LogP contribution in [0, 0.1) is 0 Å². The first-order chi connectivity index (χ1) is 15.7. The topological polar surface area (TPSA) is 109 Å². The zero-order valence-corrected chi connectivity index (χ0v) is 19.8. The number of thiazole rings is 1. The molecule has 3 N–H and O–H groups in total. The van der Waals surface area contributed by atoms with Gasteiger partial charge in [0.1, 0.15) is 10.6 Å². The number of hydrazine groups is 1. The molecule has 9 heteroatoms. The number of hydrogen-bond acceptors (Lipinski definition) is 6. The predicted molar refractivity (Wildman–Crippen MR) is 129 cm³/mol. The van der Waals surface area contributed by atoms with Crippen LogP contribution in [-0.2, 0) is 20.7 Å². The number of fused-ring (bicyclic) bond motifs is 1. The van der Waals surface area contributed by atoms with Crippen LogP contribution in [0.3, 0.4) is 0 Å². The van der Waals surface area contributed by atoms with Crippen LogP contribution in [0.4, 0.5) is 4.79 Å². The molecule has 1 heterocycles. The van der Waals surface area contributed by atoms with E-state index in [0.717, 1.165) is 21.3 Å². The van der Waals surface area contributed by atoms with E-state index in [0.29, 0.717) is 18.0 Å². The van der Waals surface area contributed by atoms with Crippen LogP contribution in [0.1, 0.15) is 38.6 Å². The van der Waals surface area contributed by atoms with Crippen LogP contribution in [-0.4, -0.2) is 35.0 Å². The third kappa shape index (κ3) is 7.87. The van der Waals surface area contributed by atoms with Gasteiger partial charge < -0.3 is 10.1 Å². The van der Waals surface area contributed by atoms with Gasteiger partial charge in [-0.3, -0.25) is 20.4 Å². The maximum Gasteiger partial charge on any atom is 0.407 e. The largest absolute Gasteiger partial charge is 0.444 e. The third-order valence-corrected chi connectivity index (χ3v) is 5.46. The lowest BCUT2D eigenvalue weighted by atomic mass is 10.1. The molecule has 0 aliphatic heterocycles. The number of ether oxygens (including phenoxy) is 1. The zero-order valence-electron chi connectivity index (χ0n) is 18.9. The minimum atomic E-state index is -0.570. The van der Waals surface area contributed by atoms with E-state index in [-0.39, 0.29) is 24.7 Å². The van der Waals surface area contributed by atoms with Gasteiger partial charge in [-0.1, -0.05) is 36.4 Å². The summed E-state index contributed by atoms with van der Waals surface area (Å²) >= 11 is 1.46. The monoisotopic (exact) mass is 468 g/mol. The first kappa shape index (κ1) is 24.2. The SMILES string of the molecule is CC(C)(C)OC(=O)NCCCC(=O)NNC(=O)Cc1nc2ccc(-c3ccccc3)cc2s1. The Labute approximate surface area is 196 Å². The highest BCUT2D eigenvalue weighted by Crippen LogP contribution is 2.28. The maximum atomic E-state index is 12.2. The van der Waals surface area contributed by atoms with Gasteiger partial charge in [-0.2, -0.15) is 0 Å². The molecule has 0 aliphatic carbocycles. The number of carbonyl (C=O) groups excluding carboxylic acids is 3. The van der Waals surface area contributed by atoms with E-state index in [1.807, 2.05) is 42.5 Å². The summed E-state index contributed by atoms with van der Waals surface area (Å²) in [7, 11) is 0. The molecule has 0 unspecified atom stereocenters. The first-order valence-electron chi connectivity index (χ1n) is 10.7. The molecular formula is C24H28N4O4S. The fourth-order valence-electron chi connectivity index (χ4n) is 3.00. The number of benzene rings is 2. The molecule has 8 nitrogen and oxygen atoms in total. The smallest absolute Gasteiger partial charge is 0.407 e. The molecule has 3 rings (SSSR count). The van der Waals surface area contributed by atoms with Crippen molar-refractivity contribution in [1.82, 2.24) is 21.2 Å². The van der Waals surface area contributed by atoms with Crippen molar-refractivity contribution in [2.45, 2.75) is 45.6 Å². The van der Waals surface area contributed by atoms with Crippen LogP contribution in [0.15, 0.2) is 48.5 Å². The van der Waals surface area contributed by atoms with Gasteiger partial charge in [0.25, 0.3) is 0 Å². The number of aromatic nitrogens is 1. The van der Waals surface area contributed by atoms with Crippen molar-refractivity contribution < 1.29 is 19.1 Å². The average Bonchev–Trinajstić information content (AvgIpc) is 3.16. The molecule has 0 atom stereocenters. The van der Waals surface area contributed by atoms with Crippen LogP contribution >= 0.6 is 11.3 Å². The van der Waals surface area contributed by atoms with Crippen LogP contribution in [0.2, 0.25) is 0 Å². The van der Waals surface area contributed by atoms with Crippen molar-refractivity contribution in [1.29, 1.82) is 0 Å². The molecule has 0 saturated carbocycles. The lowest BCUT2D eigenvalue weighted by molar-refractivity contribution is -0.128. The molecule has 0 aliphatic rings. The van der Waals surface area contributed by atoms with E-state index in [1.54, 1.807) is 20.8 Å². The van der Waals surface area contributed by atoms with Crippen LogP contribution in [0.25, 0.3) is 21.3 Å². The Bertz CT molecular complexity index is 1120. The lowest BCUT2D eigenvalue weighted by Crippen LogP contribution is -2.42. The van der Waals surface area contributed by atoms with Gasteiger partial charge in [0.2, 0.25) is 11.8 Å². The van der Waals surface area contributed by atoms with Gasteiger partial charge in [-0.25, -0.2) is 9.78 Å². The number of alkyl carbamates (subject to hydrolysis) is 1. The number of amides is 3. The van der Waals surface area contributed by atoms with E-state index in [4.69, 9.17) is 4.74 Å². The normalized spacial score (nSPS) is 11.1. The molecule has 33 heavy (non-hydrogen) atoms. The van der Waals surface area contributed by atoms with E-state index >= 15 is 0 Å². The molecule has 3 amide bonds. The third-order valence-electron chi connectivity index (χ3n) is 4.44. The van der Waals surface area contributed by atoms with Crippen molar-refractivity contribution in [2.75, 3.05) is 6.54 Å². The van der Waals surface area contributed by atoms with Gasteiger partial charge in [-0.15, -0.1) is 11.3 Å². The molecule has 0 spiro atoms. The van der Waals surface area contributed by atoms with Crippen molar-refractivity contribution in [3.05, 3.63) is 53.5 Å². The highest BCUT2D eigenvalue weighted by Gasteiger charge is 2.16. The van der Waals surface area contributed by atoms with Crippen LogP contribution in [0.5, 0.6) is 0 Å². The second kappa shape index (κ2) is 10.9. The Morgan fingerprint density at radius 3 is 2.42 bits per heavy atom. The fourth-order valence-corrected chi connectivity index (χ4v) is 4.00. The molecule has 2 aromatic carbocycles. The molecular weight excluding hydrogens is 440 g/mol. The minimum Gasteiger partial charge on any atom is -0.444 e. The lowest BCUT2D eigenvalue weighted by Gasteiger charge is -2.19. The van der Waals surface area contributed by atoms with Gasteiger partial charge >= 0.3 is 6.09 Å². The van der Waals surface area contributed by atoms with Gasteiger partial charge in [0.15, 0.2) is 0 Å². The summed E-state index contributed by atoms with van der Waals surface area (Å²) < 4.78 is 6.12. The zero-order chi connectivity index (χ0) is 23.8. The molecule has 0 fully saturated rings. The molecule has 0 bridgehead atoms. The van der Waals surface area contributed by atoms with E-state index in [9.17, 15) is 14.4 Å².